The summed E-state index contributed by atoms with van der Waals surface area (Å²) in [5, 5.41) is 14.0. The highest BCUT2D eigenvalue weighted by Gasteiger charge is 2.47. The van der Waals surface area contributed by atoms with Gasteiger partial charge in [-0.05, 0) is 85.0 Å². The second-order valence-electron chi connectivity index (χ2n) is 14.6. The van der Waals surface area contributed by atoms with Gasteiger partial charge in [0.25, 0.3) is 5.91 Å². The van der Waals surface area contributed by atoms with Crippen molar-refractivity contribution in [3.8, 4) is 17.0 Å². The number of ketones is 2. The topological polar surface area (TPSA) is 171 Å². The van der Waals surface area contributed by atoms with Gasteiger partial charge in [-0.25, -0.2) is 0 Å². The maximum atomic E-state index is 14.1. The van der Waals surface area contributed by atoms with Crippen molar-refractivity contribution < 1.29 is 33.5 Å². The van der Waals surface area contributed by atoms with Crippen LogP contribution >= 0.6 is 0 Å². The lowest BCUT2D eigenvalue weighted by molar-refractivity contribution is -0.137. The molecule has 0 spiro atoms. The zero-order valence-electron chi connectivity index (χ0n) is 31.5. The molecule has 3 aromatic heterocycles. The molecule has 2 aliphatic rings. The number of carbonyl (C=O) groups is 4. The Labute approximate surface area is 327 Å². The Kier molecular flexibility index (Phi) is 9.40. The minimum Gasteiger partial charge on any atom is -0.496 e. The summed E-state index contributed by atoms with van der Waals surface area (Å²) in [5.74, 6) is -0.905. The van der Waals surface area contributed by atoms with Crippen molar-refractivity contribution in [3.05, 3.63) is 160 Å². The molecule has 12 nitrogen and oxygen atoms in total. The van der Waals surface area contributed by atoms with Crippen LogP contribution in [-0.4, -0.2) is 63.5 Å². The quantitative estimate of drug-likeness (QED) is 0.104. The maximum Gasteiger partial charge on any atom is 0.305 e. The molecule has 286 valence electrons. The Morgan fingerprint density at radius 1 is 0.982 bits per heavy atom. The first-order chi connectivity index (χ1) is 27.5. The summed E-state index contributed by atoms with van der Waals surface area (Å²) in [6, 6.07) is 27.3. The van der Waals surface area contributed by atoms with Crippen molar-refractivity contribution in [1.29, 1.82) is 0 Å². The van der Waals surface area contributed by atoms with E-state index in [0.717, 1.165) is 40.1 Å². The minimum absolute atomic E-state index is 0.0211. The number of hydrogen-bond donors (Lipinski definition) is 3. The molecule has 5 heterocycles. The summed E-state index contributed by atoms with van der Waals surface area (Å²) in [6.45, 7) is 4.18. The number of aliphatic imine (C=N–C) groups is 1. The van der Waals surface area contributed by atoms with E-state index in [1.165, 1.54) is 6.07 Å². The van der Waals surface area contributed by atoms with Gasteiger partial charge in [-0.1, -0.05) is 53.7 Å². The van der Waals surface area contributed by atoms with Crippen molar-refractivity contribution in [2.45, 2.75) is 44.1 Å². The molecule has 3 N–H and O–H groups in total. The number of aliphatic carboxylic acids is 1. The van der Waals surface area contributed by atoms with E-state index >= 15 is 0 Å². The van der Waals surface area contributed by atoms with Gasteiger partial charge in [0.2, 0.25) is 5.78 Å². The monoisotopic (exact) mass is 761 g/mol. The number of carboxylic acids is 1. The van der Waals surface area contributed by atoms with Gasteiger partial charge in [0.05, 0.1) is 19.1 Å². The predicted molar refractivity (Wildman–Crippen MR) is 213 cm³/mol. The number of H-pyrrole nitrogens is 2. The number of allylic oxidation sites excluding steroid dienone is 1. The molecule has 8 rings (SSSR count). The normalized spacial score (nSPS) is 16.9. The van der Waals surface area contributed by atoms with E-state index < -0.39 is 29.1 Å². The molecule has 12 heteroatoms. The molecule has 0 aliphatic carbocycles. The number of nitrogens with zero attached hydrogens (tertiary/aromatic N) is 3. The number of aromatic nitrogens is 3. The number of ether oxygens (including phenoxy) is 1. The van der Waals surface area contributed by atoms with Crippen molar-refractivity contribution in [1.82, 2.24) is 15.1 Å². The van der Waals surface area contributed by atoms with E-state index in [-0.39, 0.29) is 23.8 Å². The largest absolute Gasteiger partial charge is 0.496 e. The van der Waals surface area contributed by atoms with E-state index in [4.69, 9.17) is 14.3 Å². The Morgan fingerprint density at radius 2 is 1.79 bits per heavy atom. The average Bonchev–Trinajstić information content (AvgIpc) is 4.07. The number of methoxy groups -OCH3 is 1. The molecule has 0 saturated carbocycles. The molecule has 2 unspecified atom stereocenters. The van der Waals surface area contributed by atoms with Crippen LogP contribution in [0.1, 0.15) is 67.9 Å². The number of rotatable bonds is 13. The fraction of sp³-hybridized carbons (Fsp3) is 0.200. The SMILES string of the molecule is COc1cc(CC(=O)C2=CC(C)(c3ccc(C(CC(=O)O)(C(=O)c4cc(C)on4)c4ccc[nH]4)cc3)N=C2)ccc1-c1cc(C(=O)N2CCc3ccccc32)c[nH]1. The van der Waals surface area contributed by atoms with Crippen molar-refractivity contribution in [2.24, 2.45) is 4.99 Å². The van der Waals surface area contributed by atoms with Gasteiger partial charge in [0.15, 0.2) is 11.5 Å². The number of aryl methyl sites for hydroxylation is 1. The molecule has 2 atom stereocenters. The van der Waals surface area contributed by atoms with Crippen LogP contribution in [0.25, 0.3) is 11.3 Å². The molecular formula is C45H39N5O7. The van der Waals surface area contributed by atoms with Crippen molar-refractivity contribution in [3.63, 3.8) is 0 Å². The summed E-state index contributed by atoms with van der Waals surface area (Å²) < 4.78 is 10.9. The summed E-state index contributed by atoms with van der Waals surface area (Å²) in [6.07, 6.45) is 7.12. The molecule has 57 heavy (non-hydrogen) atoms. The lowest BCUT2D eigenvalue weighted by Crippen LogP contribution is -2.40. The van der Waals surface area contributed by atoms with Gasteiger partial charge in [0, 0.05) is 65.9 Å². The van der Waals surface area contributed by atoms with Crippen molar-refractivity contribution >= 4 is 35.3 Å². The number of fused-ring (bicyclic) bond motifs is 1. The third-order valence-electron chi connectivity index (χ3n) is 10.9. The number of benzene rings is 3. The third-order valence-corrected chi connectivity index (χ3v) is 10.9. The summed E-state index contributed by atoms with van der Waals surface area (Å²) in [7, 11) is 1.57. The van der Waals surface area contributed by atoms with E-state index in [2.05, 4.69) is 15.1 Å². The highest BCUT2D eigenvalue weighted by Crippen LogP contribution is 2.41. The molecule has 2 aliphatic heterocycles. The summed E-state index contributed by atoms with van der Waals surface area (Å²) in [4.78, 5) is 66.3. The Morgan fingerprint density at radius 3 is 2.51 bits per heavy atom. The molecular weight excluding hydrogens is 723 g/mol. The van der Waals surface area contributed by atoms with E-state index in [1.54, 1.807) is 73.9 Å². The Bertz CT molecular complexity index is 2600. The summed E-state index contributed by atoms with van der Waals surface area (Å²) in [5.41, 5.74) is 4.43. The van der Waals surface area contributed by atoms with Gasteiger partial charge in [0.1, 0.15) is 22.5 Å². The van der Waals surface area contributed by atoms with Crippen LogP contribution in [0.2, 0.25) is 0 Å². The number of anilines is 1. The number of Topliss-reactive ketones (excluding diaryl/α,β-unsaturated/α-hetero) is 2. The van der Waals surface area contributed by atoms with Gasteiger partial charge >= 0.3 is 5.97 Å². The van der Waals surface area contributed by atoms with Crippen LogP contribution in [0.15, 0.2) is 125 Å². The lowest BCUT2D eigenvalue weighted by atomic mass is 9.70. The highest BCUT2D eigenvalue weighted by atomic mass is 16.5. The number of hydrogen-bond acceptors (Lipinski definition) is 8. The molecule has 6 aromatic rings. The fourth-order valence-electron chi connectivity index (χ4n) is 7.92. The minimum atomic E-state index is -1.62. The molecule has 1 amide bonds. The van der Waals surface area contributed by atoms with Gasteiger partial charge in [-0.3, -0.25) is 24.2 Å². The van der Waals surface area contributed by atoms with Gasteiger partial charge < -0.3 is 29.2 Å². The van der Waals surface area contributed by atoms with Crippen molar-refractivity contribution in [2.75, 3.05) is 18.6 Å². The number of carboxylic acid groups (broad SMARTS) is 1. The lowest BCUT2D eigenvalue weighted by Gasteiger charge is -2.31. The van der Waals surface area contributed by atoms with Gasteiger partial charge in [-0.15, -0.1) is 0 Å². The first kappa shape index (κ1) is 36.9. The Hall–Kier alpha value is -7.08. The van der Waals surface area contributed by atoms with Crippen LogP contribution in [0, 0.1) is 6.92 Å². The average molecular weight is 762 g/mol. The van der Waals surface area contributed by atoms with Crippen LogP contribution in [0.3, 0.4) is 0 Å². The molecule has 0 bridgehead atoms. The standard InChI is InChI=1S/C45H39N5O7/c1-27-19-36(49-57-27)42(54)45(24-41(52)53,40-9-6-17-46-40)33-13-11-32(12-14-33)44(2)23-31(26-48-44)38(51)20-28-10-15-34(39(21-28)56-3)35-22-30(25-47-35)43(55)50-18-16-29-7-4-5-8-37(29)50/h4-15,17,19,21-23,25-26,46-47H,16,18,20,24H2,1-3H3,(H,52,53). The molecule has 3 aromatic carbocycles. The van der Waals surface area contributed by atoms with Gasteiger partial charge in [-0.2, -0.15) is 0 Å². The van der Waals surface area contributed by atoms with Crippen LogP contribution in [0.4, 0.5) is 5.69 Å². The number of para-hydroxylation sites is 1. The first-order valence-corrected chi connectivity index (χ1v) is 18.5. The zero-order valence-corrected chi connectivity index (χ0v) is 31.5. The molecule has 0 fully saturated rings. The smallest absolute Gasteiger partial charge is 0.305 e. The van der Waals surface area contributed by atoms with Crippen LogP contribution in [-0.2, 0) is 33.4 Å². The summed E-state index contributed by atoms with van der Waals surface area (Å²) >= 11 is 0. The van der Waals surface area contributed by atoms with E-state index in [9.17, 15) is 24.3 Å². The third kappa shape index (κ3) is 6.69. The van der Waals surface area contributed by atoms with Crippen LogP contribution in [0.5, 0.6) is 5.75 Å². The highest BCUT2D eigenvalue weighted by molar-refractivity contribution is 6.15. The van der Waals surface area contributed by atoms with E-state index in [0.29, 0.717) is 40.4 Å². The zero-order chi connectivity index (χ0) is 39.9. The molecule has 0 saturated heterocycles. The second kappa shape index (κ2) is 14.5. The first-order valence-electron chi connectivity index (χ1n) is 18.5. The van der Waals surface area contributed by atoms with Crippen LogP contribution < -0.4 is 9.64 Å². The predicted octanol–water partition coefficient (Wildman–Crippen LogP) is 7.20. The fourth-order valence-corrected chi connectivity index (χ4v) is 7.92. The maximum absolute atomic E-state index is 14.1. The number of aromatic amines is 2. The second-order valence-corrected chi connectivity index (χ2v) is 14.6. The number of nitrogens with one attached hydrogen (secondary N) is 2. The van der Waals surface area contributed by atoms with E-state index in [1.807, 2.05) is 61.5 Å². The number of amides is 1. The molecule has 0 radical (unpaired) electrons. The number of carbonyl (C=O) groups excluding carboxylic acids is 3. The Balaban J connectivity index is 0.999.